The molecule has 160 valence electrons. The molecule has 4 rings (SSSR count). The minimum Gasteiger partial charge on any atom is -0.439 e. The third-order valence-electron chi connectivity index (χ3n) is 5.06. The van der Waals surface area contributed by atoms with Crippen molar-refractivity contribution in [2.45, 2.75) is 19.9 Å². The highest BCUT2D eigenvalue weighted by atomic mass is 35.5. The molecule has 1 aromatic heterocycles. The van der Waals surface area contributed by atoms with E-state index in [0.717, 1.165) is 44.8 Å². The molecule has 0 aliphatic heterocycles. The summed E-state index contributed by atoms with van der Waals surface area (Å²) in [5.41, 5.74) is 12.8. The van der Waals surface area contributed by atoms with E-state index in [1.54, 1.807) is 0 Å². The molecule has 0 amide bonds. The molecule has 1 heterocycles. The largest absolute Gasteiger partial charge is 0.439 e. The molecule has 32 heavy (non-hydrogen) atoms. The topological polar surface area (TPSA) is 71.9 Å². The Morgan fingerprint density at radius 3 is 2.53 bits per heavy atom. The van der Waals surface area contributed by atoms with Crippen LogP contribution >= 0.6 is 12.4 Å². The van der Waals surface area contributed by atoms with Gasteiger partial charge < -0.3 is 10.5 Å². The maximum Gasteiger partial charge on any atom is 0.219 e. The van der Waals surface area contributed by atoms with Crippen LogP contribution in [-0.4, -0.2) is 4.98 Å². The predicted molar refractivity (Wildman–Crippen MR) is 131 cm³/mol. The van der Waals surface area contributed by atoms with Gasteiger partial charge in [-0.2, -0.15) is 5.26 Å². The van der Waals surface area contributed by atoms with E-state index < -0.39 is 0 Å². The van der Waals surface area contributed by atoms with Crippen LogP contribution in [0.3, 0.4) is 0 Å². The fraction of sp³-hybridized carbons (Fsp3) is 0.111. The standard InChI is InChI=1S/C27H23N3O.ClH/c1-19-14-23(22-8-4-6-20(16-22)18-29)17-24(15-19)31-27-11-5-10-26(30-27)25-9-3-2-7-21(25)12-13-28;/h2-11,14-17H,12,18,29H2,1H3;1H. The number of rotatable bonds is 6. The molecule has 0 spiro atoms. The van der Waals surface area contributed by atoms with Crippen molar-refractivity contribution >= 4 is 12.4 Å². The van der Waals surface area contributed by atoms with Gasteiger partial charge in [0.1, 0.15) is 5.75 Å². The molecular weight excluding hydrogens is 418 g/mol. The zero-order valence-electron chi connectivity index (χ0n) is 17.8. The summed E-state index contributed by atoms with van der Waals surface area (Å²) in [6.45, 7) is 2.55. The summed E-state index contributed by atoms with van der Waals surface area (Å²) >= 11 is 0. The van der Waals surface area contributed by atoms with Crippen LogP contribution in [0.5, 0.6) is 11.6 Å². The molecule has 0 saturated carbocycles. The Morgan fingerprint density at radius 2 is 1.72 bits per heavy atom. The van der Waals surface area contributed by atoms with Crippen molar-refractivity contribution in [3.63, 3.8) is 0 Å². The minimum absolute atomic E-state index is 0. The van der Waals surface area contributed by atoms with Gasteiger partial charge in [-0.05, 0) is 59.0 Å². The van der Waals surface area contributed by atoms with Gasteiger partial charge in [0.05, 0.1) is 18.2 Å². The molecule has 4 nitrogen and oxygen atoms in total. The number of nitriles is 1. The maximum absolute atomic E-state index is 9.12. The van der Waals surface area contributed by atoms with Gasteiger partial charge in [0, 0.05) is 18.2 Å². The molecule has 0 fully saturated rings. The molecule has 0 atom stereocenters. The Labute approximate surface area is 194 Å². The monoisotopic (exact) mass is 441 g/mol. The number of pyridine rings is 1. The Hall–Kier alpha value is -3.65. The molecule has 3 aromatic carbocycles. The first-order valence-electron chi connectivity index (χ1n) is 10.2. The summed E-state index contributed by atoms with van der Waals surface area (Å²) < 4.78 is 6.14. The number of nitrogens with zero attached hydrogens (tertiary/aromatic N) is 2. The fourth-order valence-corrected chi connectivity index (χ4v) is 3.60. The Bertz CT molecular complexity index is 1260. The van der Waals surface area contributed by atoms with Crippen LogP contribution < -0.4 is 10.5 Å². The molecule has 5 heteroatoms. The predicted octanol–water partition coefficient (Wildman–Crippen LogP) is 6.46. The second-order valence-electron chi connectivity index (χ2n) is 7.39. The lowest BCUT2D eigenvalue weighted by Gasteiger charge is -2.12. The summed E-state index contributed by atoms with van der Waals surface area (Å²) in [7, 11) is 0. The van der Waals surface area contributed by atoms with E-state index in [9.17, 15) is 0 Å². The fourth-order valence-electron chi connectivity index (χ4n) is 3.60. The molecule has 0 saturated heterocycles. The van der Waals surface area contributed by atoms with Gasteiger partial charge >= 0.3 is 0 Å². The van der Waals surface area contributed by atoms with Crippen LogP contribution in [0, 0.1) is 18.3 Å². The quantitative estimate of drug-likeness (QED) is 0.372. The number of aryl methyl sites for hydroxylation is 1. The first kappa shape index (κ1) is 23.0. The highest BCUT2D eigenvalue weighted by molar-refractivity contribution is 5.85. The van der Waals surface area contributed by atoms with E-state index in [4.69, 9.17) is 20.7 Å². The molecule has 0 radical (unpaired) electrons. The molecule has 0 aliphatic carbocycles. The van der Waals surface area contributed by atoms with Crippen molar-refractivity contribution in [2.24, 2.45) is 5.73 Å². The van der Waals surface area contributed by atoms with Crippen molar-refractivity contribution in [3.05, 3.63) is 102 Å². The Balaban J connectivity index is 0.00000289. The third-order valence-corrected chi connectivity index (χ3v) is 5.06. The van der Waals surface area contributed by atoms with Crippen molar-refractivity contribution < 1.29 is 4.74 Å². The normalized spacial score (nSPS) is 10.2. The lowest BCUT2D eigenvalue weighted by molar-refractivity contribution is 0.463. The van der Waals surface area contributed by atoms with E-state index in [1.807, 2.05) is 73.7 Å². The van der Waals surface area contributed by atoms with Gasteiger partial charge in [0.2, 0.25) is 5.88 Å². The van der Waals surface area contributed by atoms with E-state index in [2.05, 4.69) is 24.3 Å². The first-order valence-corrected chi connectivity index (χ1v) is 10.2. The van der Waals surface area contributed by atoms with Crippen molar-refractivity contribution in [2.75, 3.05) is 0 Å². The number of benzene rings is 3. The number of aromatic nitrogens is 1. The van der Waals surface area contributed by atoms with Crippen LogP contribution in [0.1, 0.15) is 16.7 Å². The van der Waals surface area contributed by atoms with E-state index in [-0.39, 0.29) is 12.4 Å². The van der Waals surface area contributed by atoms with Gasteiger partial charge in [-0.1, -0.05) is 54.6 Å². The van der Waals surface area contributed by atoms with Crippen molar-refractivity contribution in [1.82, 2.24) is 4.98 Å². The number of hydrogen-bond acceptors (Lipinski definition) is 4. The molecule has 0 unspecified atom stereocenters. The summed E-state index contributed by atoms with van der Waals surface area (Å²) in [6, 6.07) is 30.1. The third kappa shape index (κ3) is 5.33. The first-order chi connectivity index (χ1) is 15.2. The van der Waals surface area contributed by atoms with E-state index in [1.165, 1.54) is 0 Å². The summed E-state index contributed by atoms with van der Waals surface area (Å²) in [5, 5.41) is 9.12. The van der Waals surface area contributed by atoms with Crippen LogP contribution in [-0.2, 0) is 13.0 Å². The van der Waals surface area contributed by atoms with Gasteiger partial charge in [0.25, 0.3) is 0 Å². The SMILES string of the molecule is Cc1cc(Oc2cccc(-c3ccccc3CC#N)n2)cc(-c2cccc(CN)c2)c1.Cl. The van der Waals surface area contributed by atoms with Gasteiger partial charge in [0.15, 0.2) is 0 Å². The zero-order valence-corrected chi connectivity index (χ0v) is 18.6. The maximum atomic E-state index is 9.12. The second-order valence-corrected chi connectivity index (χ2v) is 7.39. The Morgan fingerprint density at radius 1 is 0.906 bits per heavy atom. The average molecular weight is 442 g/mol. The second kappa shape index (κ2) is 10.6. The van der Waals surface area contributed by atoms with Gasteiger partial charge in [-0.3, -0.25) is 0 Å². The Kier molecular flexibility index (Phi) is 7.62. The molecular formula is C27H24ClN3O. The van der Waals surface area contributed by atoms with Crippen molar-refractivity contribution in [1.29, 1.82) is 5.26 Å². The molecule has 0 bridgehead atoms. The minimum atomic E-state index is 0. The van der Waals surface area contributed by atoms with Gasteiger partial charge in [-0.25, -0.2) is 4.98 Å². The number of nitrogens with two attached hydrogens (primary N) is 1. The lowest BCUT2D eigenvalue weighted by atomic mass is 10.0. The molecule has 0 aliphatic rings. The average Bonchev–Trinajstić information content (AvgIpc) is 2.79. The summed E-state index contributed by atoms with van der Waals surface area (Å²) in [5.74, 6) is 1.24. The smallest absolute Gasteiger partial charge is 0.219 e. The van der Waals surface area contributed by atoms with E-state index >= 15 is 0 Å². The highest BCUT2D eigenvalue weighted by Gasteiger charge is 2.09. The van der Waals surface area contributed by atoms with Crippen LogP contribution in [0.25, 0.3) is 22.4 Å². The van der Waals surface area contributed by atoms with Gasteiger partial charge in [-0.15, -0.1) is 12.4 Å². The number of halogens is 1. The zero-order chi connectivity index (χ0) is 21.6. The van der Waals surface area contributed by atoms with Crippen LogP contribution in [0.2, 0.25) is 0 Å². The summed E-state index contributed by atoms with van der Waals surface area (Å²) in [6.07, 6.45) is 0.339. The molecule has 4 aromatic rings. The summed E-state index contributed by atoms with van der Waals surface area (Å²) in [4.78, 5) is 4.69. The van der Waals surface area contributed by atoms with Crippen molar-refractivity contribution in [3.8, 4) is 40.1 Å². The number of ether oxygens (including phenoxy) is 1. The van der Waals surface area contributed by atoms with E-state index in [0.29, 0.717) is 18.8 Å². The molecule has 2 N–H and O–H groups in total. The van der Waals surface area contributed by atoms with Crippen LogP contribution in [0.15, 0.2) is 84.9 Å². The lowest BCUT2D eigenvalue weighted by Crippen LogP contribution is -1.96. The highest BCUT2D eigenvalue weighted by Crippen LogP contribution is 2.30. The van der Waals surface area contributed by atoms with Crippen LogP contribution in [0.4, 0.5) is 0 Å². The number of hydrogen-bond donors (Lipinski definition) is 1.